The van der Waals surface area contributed by atoms with Gasteiger partial charge >= 0.3 is 0 Å². The van der Waals surface area contributed by atoms with E-state index in [1.165, 1.54) is 0 Å². The van der Waals surface area contributed by atoms with Gasteiger partial charge in [-0.3, -0.25) is 14.3 Å². The number of rotatable bonds is 10. The molecule has 10 heteroatoms. The third kappa shape index (κ3) is 5.36. The van der Waals surface area contributed by atoms with Crippen molar-refractivity contribution in [3.8, 4) is 0 Å². The first-order valence-corrected chi connectivity index (χ1v) is 13.3. The van der Waals surface area contributed by atoms with E-state index < -0.39 is 11.5 Å². The molecule has 2 atom stereocenters. The van der Waals surface area contributed by atoms with Crippen LogP contribution in [-0.2, 0) is 34.7 Å². The largest absolute Gasteiger partial charge is 0.396 e. The van der Waals surface area contributed by atoms with Crippen LogP contribution in [0.5, 0.6) is 0 Å². The van der Waals surface area contributed by atoms with Gasteiger partial charge in [-0.15, -0.1) is 5.10 Å². The number of nitrogens with one attached hydrogen (secondary N) is 1. The summed E-state index contributed by atoms with van der Waals surface area (Å²) >= 11 is 0. The van der Waals surface area contributed by atoms with Crippen molar-refractivity contribution in [1.29, 1.82) is 0 Å². The van der Waals surface area contributed by atoms with Gasteiger partial charge in [0.2, 0.25) is 5.91 Å². The molecular formula is C29H34N6O4. The lowest BCUT2D eigenvalue weighted by molar-refractivity contribution is -0.139. The molecule has 0 unspecified atom stereocenters. The first-order chi connectivity index (χ1) is 18.9. The summed E-state index contributed by atoms with van der Waals surface area (Å²) in [5, 5.41) is 32.3. The van der Waals surface area contributed by atoms with Gasteiger partial charge in [-0.05, 0) is 30.2 Å². The number of benzene rings is 2. The molecule has 2 amide bonds. The fraction of sp³-hybridized carbons (Fsp3) is 0.379. The molecule has 1 aromatic heterocycles. The minimum Gasteiger partial charge on any atom is -0.396 e. The van der Waals surface area contributed by atoms with Crippen LogP contribution in [0, 0.1) is 5.92 Å². The maximum absolute atomic E-state index is 13.9. The summed E-state index contributed by atoms with van der Waals surface area (Å²) in [7, 11) is 0. The van der Waals surface area contributed by atoms with E-state index in [0.717, 1.165) is 11.3 Å². The highest BCUT2D eigenvalue weighted by molar-refractivity contribution is 6.08. The van der Waals surface area contributed by atoms with Crippen LogP contribution in [0.4, 0.5) is 11.4 Å². The van der Waals surface area contributed by atoms with E-state index in [1.54, 1.807) is 26.7 Å². The minimum atomic E-state index is -1.78. The lowest BCUT2D eigenvalue weighted by Crippen LogP contribution is -2.48. The predicted octanol–water partition coefficient (Wildman–Crippen LogP) is 1.77. The minimum absolute atomic E-state index is 0.0238. The summed E-state index contributed by atoms with van der Waals surface area (Å²) in [4.78, 5) is 29.8. The third-order valence-corrected chi connectivity index (χ3v) is 7.40. The highest BCUT2D eigenvalue weighted by atomic mass is 16.3. The Morgan fingerprint density at radius 2 is 2.00 bits per heavy atom. The quantitative estimate of drug-likeness (QED) is 0.341. The molecule has 0 aliphatic carbocycles. The lowest BCUT2D eigenvalue weighted by atomic mass is 9.82. The second-order valence-corrected chi connectivity index (χ2v) is 10.0. The van der Waals surface area contributed by atoms with Crippen LogP contribution in [0.2, 0.25) is 0 Å². The Kier molecular flexibility index (Phi) is 7.87. The maximum atomic E-state index is 13.9. The molecule has 39 heavy (non-hydrogen) atoms. The van der Waals surface area contributed by atoms with E-state index in [-0.39, 0.29) is 25.0 Å². The van der Waals surface area contributed by atoms with Gasteiger partial charge in [0.05, 0.1) is 24.5 Å². The van der Waals surface area contributed by atoms with Crippen molar-refractivity contribution in [3.05, 3.63) is 83.7 Å². The van der Waals surface area contributed by atoms with E-state index in [2.05, 4.69) is 15.6 Å². The number of carbonyl (C=O) groups excluding carboxylic acids is 2. The second kappa shape index (κ2) is 11.5. The van der Waals surface area contributed by atoms with Crippen LogP contribution in [0.25, 0.3) is 0 Å². The Balaban J connectivity index is 1.41. The van der Waals surface area contributed by atoms with E-state index in [0.29, 0.717) is 56.0 Å². The molecule has 3 N–H and O–H groups in total. The second-order valence-electron chi connectivity index (χ2n) is 10.0. The number of aromatic nitrogens is 3. The molecule has 1 fully saturated rings. The summed E-state index contributed by atoms with van der Waals surface area (Å²) in [6.07, 6.45) is 6.70. The van der Waals surface area contributed by atoms with E-state index in [9.17, 15) is 14.7 Å². The number of nitrogens with zero attached hydrogens (tertiary/aromatic N) is 5. The van der Waals surface area contributed by atoms with Crippen LogP contribution in [0.3, 0.4) is 0 Å². The molecule has 2 aliphatic rings. The number of hydrogen-bond donors (Lipinski definition) is 3. The highest BCUT2D eigenvalue weighted by Crippen LogP contribution is 2.47. The van der Waals surface area contributed by atoms with Gasteiger partial charge in [-0.2, -0.15) is 0 Å². The number of anilines is 2. The normalized spacial score (nSPS) is 20.2. The van der Waals surface area contributed by atoms with Crippen LogP contribution < -0.4 is 15.1 Å². The van der Waals surface area contributed by atoms with Crippen molar-refractivity contribution in [1.82, 2.24) is 20.3 Å². The average Bonchev–Trinajstić information content (AvgIpc) is 3.48. The zero-order valence-corrected chi connectivity index (χ0v) is 22.0. The van der Waals surface area contributed by atoms with Gasteiger partial charge in [0, 0.05) is 56.0 Å². The Hall–Kier alpha value is -3.86. The van der Waals surface area contributed by atoms with E-state index in [4.69, 9.17) is 5.11 Å². The van der Waals surface area contributed by atoms with Crippen molar-refractivity contribution in [2.75, 3.05) is 36.0 Å². The Labute approximate surface area is 227 Å². The maximum Gasteiger partial charge on any atom is 0.264 e. The first-order valence-electron chi connectivity index (χ1n) is 13.3. The SMILES string of the molecule is C[C@@H](/C=C/CCn1cc(CCO)nn1)[C@]1(O)C(=O)N(Cc2ccccc2)c2ccc(N3CCNCC3=O)cc21. The van der Waals surface area contributed by atoms with Crippen LogP contribution in [0.1, 0.15) is 30.2 Å². The van der Waals surface area contributed by atoms with Gasteiger partial charge in [0.25, 0.3) is 5.91 Å². The van der Waals surface area contributed by atoms with Gasteiger partial charge in [-0.1, -0.05) is 54.6 Å². The molecule has 2 aromatic carbocycles. The van der Waals surface area contributed by atoms with Gasteiger partial charge in [0.1, 0.15) is 0 Å². The Morgan fingerprint density at radius 3 is 2.77 bits per heavy atom. The third-order valence-electron chi connectivity index (χ3n) is 7.40. The Bertz CT molecular complexity index is 1360. The number of amides is 2. The number of aliphatic hydroxyl groups excluding tert-OH is 1. The number of hydrogen-bond acceptors (Lipinski definition) is 7. The van der Waals surface area contributed by atoms with Gasteiger partial charge in [0.15, 0.2) is 5.60 Å². The molecule has 1 saturated heterocycles. The number of piperazine rings is 1. The number of carbonyl (C=O) groups is 2. The van der Waals surface area contributed by atoms with Crippen LogP contribution >= 0.6 is 0 Å². The van der Waals surface area contributed by atoms with E-state index >= 15 is 0 Å². The number of aryl methyl sites for hydroxylation is 1. The molecule has 0 saturated carbocycles. The molecule has 204 valence electrons. The summed E-state index contributed by atoms with van der Waals surface area (Å²) < 4.78 is 1.71. The standard InChI is InChI=1S/C29H34N6O4/c1-21(7-5-6-14-33-20-23(12-16-36)31-32-33)29(39)25-17-24(34-15-13-30-18-27(34)37)10-11-26(25)35(28(29)38)19-22-8-3-2-4-9-22/h2-5,7-11,17,20-21,30,36,39H,6,12-16,18-19H2,1H3/b7-5+/t21-,29+/m0/s1. The van der Waals surface area contributed by atoms with Gasteiger partial charge in [-0.25, -0.2) is 0 Å². The van der Waals surface area contributed by atoms with Crippen LogP contribution in [-0.4, -0.2) is 63.3 Å². The van der Waals surface area contributed by atoms with Crippen molar-refractivity contribution in [2.24, 2.45) is 5.92 Å². The number of aliphatic hydroxyl groups is 2. The number of fused-ring (bicyclic) bond motifs is 1. The molecular weight excluding hydrogens is 496 g/mol. The Morgan fingerprint density at radius 1 is 1.18 bits per heavy atom. The summed E-state index contributed by atoms with van der Waals surface area (Å²) in [6, 6.07) is 15.2. The molecule has 3 aromatic rings. The van der Waals surface area contributed by atoms with Crippen molar-refractivity contribution >= 4 is 23.2 Å². The summed E-state index contributed by atoms with van der Waals surface area (Å²) in [5.74, 6) is -0.954. The molecule has 2 aliphatic heterocycles. The van der Waals surface area contributed by atoms with Crippen molar-refractivity contribution in [2.45, 2.75) is 38.5 Å². The fourth-order valence-electron chi connectivity index (χ4n) is 5.23. The first kappa shape index (κ1) is 26.7. The molecule has 5 rings (SSSR count). The van der Waals surface area contributed by atoms with Gasteiger partial charge < -0.3 is 25.3 Å². The predicted molar refractivity (Wildman–Crippen MR) is 147 cm³/mol. The smallest absolute Gasteiger partial charge is 0.264 e. The monoisotopic (exact) mass is 530 g/mol. The van der Waals surface area contributed by atoms with Crippen molar-refractivity contribution < 1.29 is 19.8 Å². The number of allylic oxidation sites excluding steroid dienone is 1. The lowest BCUT2D eigenvalue weighted by Gasteiger charge is -2.30. The van der Waals surface area contributed by atoms with E-state index in [1.807, 2.05) is 61.5 Å². The molecule has 10 nitrogen and oxygen atoms in total. The zero-order chi connectivity index (χ0) is 27.4. The summed E-state index contributed by atoms with van der Waals surface area (Å²) in [6.45, 7) is 4.23. The highest BCUT2D eigenvalue weighted by Gasteiger charge is 2.52. The fourth-order valence-corrected chi connectivity index (χ4v) is 5.23. The topological polar surface area (TPSA) is 124 Å². The molecule has 3 heterocycles. The average molecular weight is 531 g/mol. The molecule has 0 spiro atoms. The zero-order valence-electron chi connectivity index (χ0n) is 22.0. The summed E-state index contributed by atoms with van der Waals surface area (Å²) in [5.41, 5.74) is 1.74. The molecule has 0 bridgehead atoms. The van der Waals surface area contributed by atoms with Crippen molar-refractivity contribution in [3.63, 3.8) is 0 Å². The van der Waals surface area contributed by atoms with Crippen LogP contribution in [0.15, 0.2) is 66.9 Å². The molecule has 0 radical (unpaired) electrons.